The molecule has 3 rings (SSSR count). The fraction of sp³-hybridized carbons (Fsp3) is 0.357. The molecule has 104 valence electrons. The number of thiazole rings is 1. The van der Waals surface area contributed by atoms with Crippen molar-refractivity contribution in [3.63, 3.8) is 0 Å². The zero-order valence-electron chi connectivity index (χ0n) is 11.0. The molecule has 1 amide bonds. The average Bonchev–Trinajstić information content (AvgIpc) is 3.09. The first kappa shape index (κ1) is 13.1. The highest BCUT2D eigenvalue weighted by molar-refractivity contribution is 7.13. The summed E-state index contributed by atoms with van der Waals surface area (Å²) in [5.41, 5.74) is 7.47. The second-order valence-corrected chi connectivity index (χ2v) is 5.78. The zero-order valence-corrected chi connectivity index (χ0v) is 11.8. The Kier molecular flexibility index (Phi) is 3.64. The first-order valence-electron chi connectivity index (χ1n) is 6.63. The van der Waals surface area contributed by atoms with Gasteiger partial charge in [0.15, 0.2) is 5.13 Å². The van der Waals surface area contributed by atoms with Crippen molar-refractivity contribution in [3.05, 3.63) is 41.2 Å². The van der Waals surface area contributed by atoms with Crippen molar-refractivity contribution in [2.75, 3.05) is 12.3 Å². The third kappa shape index (κ3) is 2.65. The number of anilines is 1. The van der Waals surface area contributed by atoms with E-state index >= 15 is 0 Å². The highest BCUT2D eigenvalue weighted by Gasteiger charge is 2.30. The maximum Gasteiger partial charge on any atom is 0.229 e. The molecule has 1 aliphatic heterocycles. The third-order valence-corrected chi connectivity index (χ3v) is 4.27. The van der Waals surface area contributed by atoms with Crippen molar-refractivity contribution < 1.29 is 4.79 Å². The molecular weight excluding hydrogens is 272 g/mol. The molecule has 0 bridgehead atoms. The molecule has 0 radical (unpaired) electrons. The van der Waals surface area contributed by atoms with E-state index in [-0.39, 0.29) is 11.9 Å². The van der Waals surface area contributed by atoms with Crippen LogP contribution in [0.4, 0.5) is 5.13 Å². The van der Waals surface area contributed by atoms with Crippen LogP contribution in [0.2, 0.25) is 0 Å². The predicted molar refractivity (Wildman–Crippen MR) is 78.2 cm³/mol. The SMILES string of the molecule is Nc1nc(CC(=O)N2CCCC2c2cccnc2)cs1. The molecule has 5 nitrogen and oxygen atoms in total. The van der Waals surface area contributed by atoms with Crippen LogP contribution >= 0.6 is 11.3 Å². The average molecular weight is 288 g/mol. The number of hydrogen-bond donors (Lipinski definition) is 1. The summed E-state index contributed by atoms with van der Waals surface area (Å²) in [6.07, 6.45) is 5.95. The minimum Gasteiger partial charge on any atom is -0.375 e. The van der Waals surface area contributed by atoms with Gasteiger partial charge in [-0.05, 0) is 24.5 Å². The summed E-state index contributed by atoms with van der Waals surface area (Å²) in [5, 5.41) is 2.36. The van der Waals surface area contributed by atoms with E-state index in [0.717, 1.165) is 30.6 Å². The van der Waals surface area contributed by atoms with Crippen LogP contribution in [-0.2, 0) is 11.2 Å². The molecule has 1 aliphatic rings. The fourth-order valence-electron chi connectivity index (χ4n) is 2.65. The van der Waals surface area contributed by atoms with Crippen LogP contribution in [-0.4, -0.2) is 27.3 Å². The summed E-state index contributed by atoms with van der Waals surface area (Å²) in [5.74, 6) is 0.113. The van der Waals surface area contributed by atoms with Crippen molar-refractivity contribution in [2.24, 2.45) is 0 Å². The normalized spacial score (nSPS) is 18.4. The molecule has 0 aliphatic carbocycles. The molecule has 6 heteroatoms. The Hall–Kier alpha value is -1.95. The van der Waals surface area contributed by atoms with E-state index in [9.17, 15) is 4.79 Å². The zero-order chi connectivity index (χ0) is 13.9. The summed E-state index contributed by atoms with van der Waals surface area (Å²) in [6.45, 7) is 0.804. The lowest BCUT2D eigenvalue weighted by atomic mass is 10.1. The molecule has 0 aromatic carbocycles. The van der Waals surface area contributed by atoms with Crippen LogP contribution in [0.25, 0.3) is 0 Å². The standard InChI is InChI=1S/C14H16N4OS/c15-14-17-11(9-20-14)7-13(19)18-6-2-4-12(18)10-3-1-5-16-8-10/h1,3,5,8-9,12H,2,4,6-7H2,(H2,15,17). The number of hydrogen-bond acceptors (Lipinski definition) is 5. The van der Waals surface area contributed by atoms with E-state index in [0.29, 0.717) is 11.6 Å². The van der Waals surface area contributed by atoms with E-state index in [4.69, 9.17) is 5.73 Å². The van der Waals surface area contributed by atoms with Crippen LogP contribution < -0.4 is 5.73 Å². The lowest BCUT2D eigenvalue weighted by Crippen LogP contribution is -2.32. The summed E-state index contributed by atoms with van der Waals surface area (Å²) in [6, 6.07) is 4.09. The number of pyridine rings is 1. The van der Waals surface area contributed by atoms with E-state index in [1.54, 1.807) is 6.20 Å². The Morgan fingerprint density at radius 2 is 2.45 bits per heavy atom. The van der Waals surface area contributed by atoms with Gasteiger partial charge >= 0.3 is 0 Å². The monoisotopic (exact) mass is 288 g/mol. The molecule has 20 heavy (non-hydrogen) atoms. The van der Waals surface area contributed by atoms with Crippen molar-refractivity contribution in [1.29, 1.82) is 0 Å². The Balaban J connectivity index is 1.73. The van der Waals surface area contributed by atoms with Gasteiger partial charge in [-0.3, -0.25) is 9.78 Å². The van der Waals surface area contributed by atoms with Gasteiger partial charge in [0.1, 0.15) is 0 Å². The van der Waals surface area contributed by atoms with Gasteiger partial charge in [0, 0.05) is 24.3 Å². The maximum absolute atomic E-state index is 12.4. The number of rotatable bonds is 3. The third-order valence-electron chi connectivity index (χ3n) is 3.54. The number of carbonyl (C=O) groups is 1. The van der Waals surface area contributed by atoms with Crippen LogP contribution in [0.15, 0.2) is 29.9 Å². The highest BCUT2D eigenvalue weighted by Crippen LogP contribution is 2.31. The highest BCUT2D eigenvalue weighted by atomic mass is 32.1. The number of carbonyl (C=O) groups excluding carboxylic acids is 1. The molecule has 1 saturated heterocycles. The van der Waals surface area contributed by atoms with Gasteiger partial charge in [-0.2, -0.15) is 0 Å². The second-order valence-electron chi connectivity index (χ2n) is 4.89. The van der Waals surface area contributed by atoms with Gasteiger partial charge in [0.05, 0.1) is 18.2 Å². The fourth-order valence-corrected chi connectivity index (χ4v) is 3.21. The van der Waals surface area contributed by atoms with E-state index < -0.39 is 0 Å². The molecular formula is C14H16N4OS. The molecule has 0 saturated carbocycles. The summed E-state index contributed by atoms with van der Waals surface area (Å²) in [4.78, 5) is 22.7. The molecule has 1 fully saturated rings. The molecule has 2 aromatic heterocycles. The molecule has 0 spiro atoms. The van der Waals surface area contributed by atoms with Gasteiger partial charge in [-0.15, -0.1) is 11.3 Å². The first-order valence-corrected chi connectivity index (χ1v) is 7.51. The Morgan fingerprint density at radius 1 is 1.55 bits per heavy atom. The van der Waals surface area contributed by atoms with Crippen LogP contribution in [0.1, 0.15) is 30.1 Å². The number of amides is 1. The number of nitrogens with two attached hydrogens (primary N) is 1. The van der Waals surface area contributed by atoms with Crippen molar-refractivity contribution in [2.45, 2.75) is 25.3 Å². The Labute approximate surface area is 121 Å². The first-order chi connectivity index (χ1) is 9.74. The van der Waals surface area contributed by atoms with Crippen molar-refractivity contribution in [1.82, 2.24) is 14.9 Å². The van der Waals surface area contributed by atoms with Gasteiger partial charge in [0.25, 0.3) is 0 Å². The molecule has 2 aromatic rings. The lowest BCUT2D eigenvalue weighted by Gasteiger charge is -2.24. The van der Waals surface area contributed by atoms with Gasteiger partial charge in [-0.1, -0.05) is 6.07 Å². The number of aromatic nitrogens is 2. The summed E-state index contributed by atoms with van der Waals surface area (Å²) >= 11 is 1.37. The minimum absolute atomic E-state index is 0.113. The van der Waals surface area contributed by atoms with E-state index in [2.05, 4.69) is 9.97 Å². The van der Waals surface area contributed by atoms with Gasteiger partial charge in [0.2, 0.25) is 5.91 Å². The largest absolute Gasteiger partial charge is 0.375 e. The van der Waals surface area contributed by atoms with Crippen molar-refractivity contribution >= 4 is 22.4 Å². The minimum atomic E-state index is 0.113. The molecule has 2 N–H and O–H groups in total. The Bertz CT molecular complexity index is 598. The summed E-state index contributed by atoms with van der Waals surface area (Å²) in [7, 11) is 0. The number of likely N-dealkylation sites (tertiary alicyclic amines) is 1. The van der Waals surface area contributed by atoms with Crippen LogP contribution in [0, 0.1) is 0 Å². The van der Waals surface area contributed by atoms with Crippen molar-refractivity contribution in [3.8, 4) is 0 Å². The quantitative estimate of drug-likeness (QED) is 0.938. The lowest BCUT2D eigenvalue weighted by molar-refractivity contribution is -0.131. The van der Waals surface area contributed by atoms with E-state index in [1.165, 1.54) is 11.3 Å². The smallest absolute Gasteiger partial charge is 0.229 e. The van der Waals surface area contributed by atoms with Crippen LogP contribution in [0.3, 0.4) is 0 Å². The Morgan fingerprint density at radius 3 is 3.15 bits per heavy atom. The number of nitrogen functional groups attached to an aromatic ring is 1. The topological polar surface area (TPSA) is 72.1 Å². The second kappa shape index (κ2) is 5.58. The predicted octanol–water partition coefficient (Wildman–Crippen LogP) is 2.03. The van der Waals surface area contributed by atoms with E-state index in [1.807, 2.05) is 28.6 Å². The van der Waals surface area contributed by atoms with Gasteiger partial charge in [-0.25, -0.2) is 4.98 Å². The molecule has 1 unspecified atom stereocenters. The maximum atomic E-state index is 12.4. The molecule has 1 atom stereocenters. The van der Waals surface area contributed by atoms with Gasteiger partial charge < -0.3 is 10.6 Å². The summed E-state index contributed by atoms with van der Waals surface area (Å²) < 4.78 is 0. The van der Waals surface area contributed by atoms with Crippen LogP contribution in [0.5, 0.6) is 0 Å². The number of nitrogens with zero attached hydrogens (tertiary/aromatic N) is 3. The molecule has 3 heterocycles.